The van der Waals surface area contributed by atoms with Crippen molar-refractivity contribution in [3.8, 4) is 0 Å². The molecule has 0 saturated carbocycles. The van der Waals surface area contributed by atoms with E-state index in [0.717, 1.165) is 22.9 Å². The molecule has 7 heteroatoms. The fraction of sp³-hybridized carbons (Fsp3) is 0.353. The maximum atomic E-state index is 5.72. The van der Waals surface area contributed by atoms with Crippen LogP contribution < -0.4 is 4.90 Å². The van der Waals surface area contributed by atoms with Crippen molar-refractivity contribution in [2.45, 2.75) is 12.6 Å². The van der Waals surface area contributed by atoms with Crippen molar-refractivity contribution in [2.75, 3.05) is 31.8 Å². The Kier molecular flexibility index (Phi) is 4.38. The summed E-state index contributed by atoms with van der Waals surface area (Å²) < 4.78 is 12.1. The number of thiazole rings is 1. The molecular weight excluding hydrogens is 324 g/mol. The summed E-state index contributed by atoms with van der Waals surface area (Å²) in [6, 6.07) is 10.2. The first kappa shape index (κ1) is 15.4. The second kappa shape index (κ2) is 6.80. The molecule has 1 unspecified atom stereocenters. The molecular formula is C17H18N4O2S. The van der Waals surface area contributed by atoms with E-state index < -0.39 is 0 Å². The lowest BCUT2D eigenvalue weighted by atomic mass is 10.2. The van der Waals surface area contributed by atoms with E-state index in [1.807, 2.05) is 24.3 Å². The third-order valence-electron chi connectivity index (χ3n) is 3.98. The van der Waals surface area contributed by atoms with E-state index in [2.05, 4.69) is 20.9 Å². The largest absolute Gasteiger partial charge is 0.377 e. The Morgan fingerprint density at radius 1 is 1.29 bits per heavy atom. The number of rotatable bonds is 4. The summed E-state index contributed by atoms with van der Waals surface area (Å²) in [6.07, 6.45) is 1.78. The molecule has 0 spiro atoms. The molecule has 1 aliphatic heterocycles. The van der Waals surface area contributed by atoms with E-state index in [0.29, 0.717) is 25.6 Å². The van der Waals surface area contributed by atoms with Crippen LogP contribution in [0.25, 0.3) is 10.2 Å². The molecule has 4 rings (SSSR count). The van der Waals surface area contributed by atoms with Gasteiger partial charge < -0.3 is 14.4 Å². The van der Waals surface area contributed by atoms with Crippen molar-refractivity contribution in [1.29, 1.82) is 0 Å². The smallest absolute Gasteiger partial charge is 0.156 e. The van der Waals surface area contributed by atoms with Crippen LogP contribution in [-0.4, -0.2) is 41.8 Å². The van der Waals surface area contributed by atoms with Gasteiger partial charge in [0, 0.05) is 19.9 Å². The first-order valence-electron chi connectivity index (χ1n) is 7.86. The highest BCUT2D eigenvalue weighted by Gasteiger charge is 2.28. The number of nitrogens with zero attached hydrogens (tertiary/aromatic N) is 4. The summed E-state index contributed by atoms with van der Waals surface area (Å²) in [4.78, 5) is 15.9. The third kappa shape index (κ3) is 2.98. The highest BCUT2D eigenvalue weighted by atomic mass is 32.1. The average Bonchev–Trinajstić information content (AvgIpc) is 3.06. The van der Waals surface area contributed by atoms with Gasteiger partial charge in [0.15, 0.2) is 5.82 Å². The van der Waals surface area contributed by atoms with Gasteiger partial charge in [0.1, 0.15) is 23.5 Å². The van der Waals surface area contributed by atoms with Gasteiger partial charge in [-0.3, -0.25) is 0 Å². The number of benzene rings is 1. The van der Waals surface area contributed by atoms with E-state index in [-0.39, 0.29) is 6.04 Å². The summed E-state index contributed by atoms with van der Waals surface area (Å²) in [5, 5.41) is 1.06. The van der Waals surface area contributed by atoms with Crippen LogP contribution in [0.3, 0.4) is 0 Å². The van der Waals surface area contributed by atoms with E-state index >= 15 is 0 Å². The fourth-order valence-electron chi connectivity index (χ4n) is 2.86. The lowest BCUT2D eigenvalue weighted by molar-refractivity contribution is 0.0936. The number of morpholine rings is 1. The summed E-state index contributed by atoms with van der Waals surface area (Å²) >= 11 is 1.72. The van der Waals surface area contributed by atoms with E-state index in [9.17, 15) is 0 Å². The van der Waals surface area contributed by atoms with Crippen molar-refractivity contribution >= 4 is 27.4 Å². The molecule has 0 amide bonds. The Balaban J connectivity index is 1.69. The van der Waals surface area contributed by atoms with Gasteiger partial charge in [0.05, 0.1) is 23.4 Å². The summed E-state index contributed by atoms with van der Waals surface area (Å²) in [7, 11) is 1.65. The van der Waals surface area contributed by atoms with Crippen molar-refractivity contribution in [1.82, 2.24) is 15.0 Å². The molecule has 6 nitrogen and oxygen atoms in total. The first-order chi connectivity index (χ1) is 11.8. The number of anilines is 1. The lowest BCUT2D eigenvalue weighted by Crippen LogP contribution is -2.40. The minimum atomic E-state index is 0.0708. The third-order valence-corrected chi connectivity index (χ3v) is 5.12. The number of hydrogen-bond acceptors (Lipinski definition) is 7. The van der Waals surface area contributed by atoms with Crippen LogP contribution in [0.5, 0.6) is 0 Å². The van der Waals surface area contributed by atoms with Crippen LogP contribution in [0, 0.1) is 0 Å². The van der Waals surface area contributed by atoms with Gasteiger partial charge in [0.25, 0.3) is 0 Å². The number of aromatic nitrogens is 3. The fourth-order valence-corrected chi connectivity index (χ4v) is 3.93. The van der Waals surface area contributed by atoms with Gasteiger partial charge >= 0.3 is 0 Å². The van der Waals surface area contributed by atoms with Gasteiger partial charge in [-0.05, 0) is 18.2 Å². The normalized spacial score (nSPS) is 18.2. The minimum absolute atomic E-state index is 0.0708. The molecule has 124 valence electrons. The zero-order valence-electron chi connectivity index (χ0n) is 13.4. The SMILES string of the molecule is COCc1nccc(N2CCOCC2c2nc3ccccc3s2)n1. The number of para-hydroxylation sites is 1. The molecule has 0 N–H and O–H groups in total. The average molecular weight is 342 g/mol. The number of methoxy groups -OCH3 is 1. The molecule has 0 bridgehead atoms. The Labute approximate surface area is 144 Å². The summed E-state index contributed by atoms with van der Waals surface area (Å²) in [5.74, 6) is 1.58. The van der Waals surface area contributed by atoms with Crippen LogP contribution in [-0.2, 0) is 16.1 Å². The zero-order chi connectivity index (χ0) is 16.4. The Morgan fingerprint density at radius 3 is 3.08 bits per heavy atom. The van der Waals surface area contributed by atoms with Crippen LogP contribution in [0.15, 0.2) is 36.5 Å². The highest BCUT2D eigenvalue weighted by Crippen LogP contribution is 2.33. The Bertz CT molecular complexity index is 805. The van der Waals surface area contributed by atoms with E-state index in [1.54, 1.807) is 24.6 Å². The molecule has 24 heavy (non-hydrogen) atoms. The van der Waals surface area contributed by atoms with Crippen molar-refractivity contribution in [3.63, 3.8) is 0 Å². The Hall–Kier alpha value is -2.09. The number of hydrogen-bond donors (Lipinski definition) is 0. The van der Waals surface area contributed by atoms with Crippen LogP contribution in [0.1, 0.15) is 16.9 Å². The highest BCUT2D eigenvalue weighted by molar-refractivity contribution is 7.18. The van der Waals surface area contributed by atoms with Gasteiger partial charge in [-0.2, -0.15) is 0 Å². The van der Waals surface area contributed by atoms with Crippen LogP contribution >= 0.6 is 11.3 Å². The standard InChI is InChI=1S/C17H18N4O2S/c1-22-11-15-18-7-6-16(20-15)21-8-9-23-10-13(21)17-19-12-4-2-3-5-14(12)24-17/h2-7,13H,8-11H2,1H3. The van der Waals surface area contributed by atoms with Gasteiger partial charge in [-0.1, -0.05) is 12.1 Å². The molecule has 3 aromatic rings. The van der Waals surface area contributed by atoms with Crippen molar-refractivity contribution < 1.29 is 9.47 Å². The molecule has 1 saturated heterocycles. The molecule has 2 aromatic heterocycles. The van der Waals surface area contributed by atoms with Gasteiger partial charge in [0.2, 0.25) is 0 Å². The molecule has 1 atom stereocenters. The van der Waals surface area contributed by atoms with Crippen LogP contribution in [0.4, 0.5) is 5.82 Å². The molecule has 0 radical (unpaired) electrons. The molecule has 0 aliphatic carbocycles. The predicted octanol–water partition coefficient (Wildman–Crippen LogP) is 2.81. The number of fused-ring (bicyclic) bond motifs is 1. The summed E-state index contributed by atoms with van der Waals surface area (Å²) in [5.41, 5.74) is 1.03. The van der Waals surface area contributed by atoms with Crippen LogP contribution in [0.2, 0.25) is 0 Å². The number of ether oxygens (including phenoxy) is 2. The van der Waals surface area contributed by atoms with Gasteiger partial charge in [-0.15, -0.1) is 11.3 Å². The Morgan fingerprint density at radius 2 is 2.21 bits per heavy atom. The van der Waals surface area contributed by atoms with E-state index in [4.69, 9.17) is 14.5 Å². The van der Waals surface area contributed by atoms with Gasteiger partial charge in [-0.25, -0.2) is 15.0 Å². The topological polar surface area (TPSA) is 60.4 Å². The maximum Gasteiger partial charge on any atom is 0.156 e. The maximum absolute atomic E-state index is 5.72. The molecule has 1 aliphatic rings. The minimum Gasteiger partial charge on any atom is -0.377 e. The molecule has 1 fully saturated rings. The monoisotopic (exact) mass is 342 g/mol. The first-order valence-corrected chi connectivity index (χ1v) is 8.67. The van der Waals surface area contributed by atoms with Crippen molar-refractivity contribution in [3.05, 3.63) is 47.4 Å². The van der Waals surface area contributed by atoms with E-state index in [1.165, 1.54) is 4.70 Å². The zero-order valence-corrected chi connectivity index (χ0v) is 14.2. The molecule has 3 heterocycles. The quantitative estimate of drug-likeness (QED) is 0.727. The van der Waals surface area contributed by atoms with Crippen molar-refractivity contribution in [2.24, 2.45) is 0 Å². The lowest BCUT2D eigenvalue weighted by Gasteiger charge is -2.35. The second-order valence-corrected chi connectivity index (χ2v) is 6.63. The summed E-state index contributed by atoms with van der Waals surface area (Å²) in [6.45, 7) is 2.49. The predicted molar refractivity (Wildman–Crippen MR) is 93.3 cm³/mol. The molecule has 1 aromatic carbocycles. The second-order valence-electron chi connectivity index (χ2n) is 5.57.